The standard InChI is InChI=1S/C12H19N3O2S/c1-7(2)9(11(16)17)13-12-14-10(15-18-12)8-5-3-4-6-8/h7-9H,3-6H2,1-2H3,(H,16,17)(H,13,14,15)/t9-/m1/s1. The molecule has 0 bridgehead atoms. The smallest absolute Gasteiger partial charge is 0.326 e. The van der Waals surface area contributed by atoms with Crippen molar-refractivity contribution in [2.75, 3.05) is 5.32 Å². The summed E-state index contributed by atoms with van der Waals surface area (Å²) in [6.07, 6.45) is 4.80. The predicted molar refractivity (Wildman–Crippen MR) is 71.0 cm³/mol. The maximum atomic E-state index is 11.1. The van der Waals surface area contributed by atoms with E-state index in [1.54, 1.807) is 0 Å². The molecule has 0 amide bonds. The van der Waals surface area contributed by atoms with Gasteiger partial charge in [0.25, 0.3) is 0 Å². The topological polar surface area (TPSA) is 75.1 Å². The fourth-order valence-electron chi connectivity index (χ4n) is 2.29. The third-order valence-corrected chi connectivity index (χ3v) is 4.03. The molecule has 5 nitrogen and oxygen atoms in total. The van der Waals surface area contributed by atoms with Crippen molar-refractivity contribution in [2.45, 2.75) is 51.5 Å². The van der Waals surface area contributed by atoms with Crippen molar-refractivity contribution in [2.24, 2.45) is 5.92 Å². The third kappa shape index (κ3) is 2.98. The van der Waals surface area contributed by atoms with Crippen molar-refractivity contribution >= 4 is 22.6 Å². The Bertz CT molecular complexity index is 413. The third-order valence-electron chi connectivity index (χ3n) is 3.37. The number of aliphatic carboxylic acids is 1. The molecule has 0 saturated heterocycles. The second kappa shape index (κ2) is 5.65. The van der Waals surface area contributed by atoms with Gasteiger partial charge in [0, 0.05) is 17.5 Å². The lowest BCUT2D eigenvalue weighted by Gasteiger charge is -2.16. The zero-order valence-corrected chi connectivity index (χ0v) is 11.5. The van der Waals surface area contributed by atoms with Crippen LogP contribution in [0.1, 0.15) is 51.3 Å². The van der Waals surface area contributed by atoms with E-state index in [9.17, 15) is 4.79 Å². The summed E-state index contributed by atoms with van der Waals surface area (Å²) in [4.78, 5) is 15.5. The Balaban J connectivity index is 2.03. The molecule has 1 saturated carbocycles. The first-order chi connectivity index (χ1) is 8.58. The van der Waals surface area contributed by atoms with E-state index < -0.39 is 12.0 Å². The lowest BCUT2D eigenvalue weighted by Crippen LogP contribution is -2.34. The van der Waals surface area contributed by atoms with E-state index in [-0.39, 0.29) is 5.92 Å². The highest BCUT2D eigenvalue weighted by atomic mass is 32.1. The molecule has 0 unspecified atom stereocenters. The van der Waals surface area contributed by atoms with Gasteiger partial charge in [0.15, 0.2) is 0 Å². The molecule has 0 radical (unpaired) electrons. The number of hydrogen-bond acceptors (Lipinski definition) is 5. The average Bonchev–Trinajstić information content (AvgIpc) is 2.95. The molecular formula is C12H19N3O2S. The van der Waals surface area contributed by atoms with Crippen LogP contribution in [0.3, 0.4) is 0 Å². The second-order valence-electron chi connectivity index (χ2n) is 5.14. The number of anilines is 1. The summed E-state index contributed by atoms with van der Waals surface area (Å²) < 4.78 is 4.35. The van der Waals surface area contributed by atoms with Crippen LogP contribution in [-0.4, -0.2) is 26.5 Å². The van der Waals surface area contributed by atoms with Gasteiger partial charge in [-0.2, -0.15) is 4.37 Å². The van der Waals surface area contributed by atoms with E-state index in [1.165, 1.54) is 24.4 Å². The molecule has 2 rings (SSSR count). The monoisotopic (exact) mass is 269 g/mol. The van der Waals surface area contributed by atoms with Crippen LogP contribution in [0.25, 0.3) is 0 Å². The van der Waals surface area contributed by atoms with Crippen LogP contribution < -0.4 is 5.32 Å². The maximum absolute atomic E-state index is 11.1. The van der Waals surface area contributed by atoms with Gasteiger partial charge in [-0.05, 0) is 18.8 Å². The number of aromatic nitrogens is 2. The molecule has 1 fully saturated rings. The van der Waals surface area contributed by atoms with Gasteiger partial charge in [-0.1, -0.05) is 26.7 Å². The average molecular weight is 269 g/mol. The first-order valence-corrected chi connectivity index (χ1v) is 7.18. The van der Waals surface area contributed by atoms with Gasteiger partial charge in [-0.15, -0.1) is 0 Å². The number of carboxylic acids is 1. The molecule has 6 heteroatoms. The lowest BCUT2D eigenvalue weighted by molar-refractivity contribution is -0.138. The Morgan fingerprint density at radius 2 is 2.11 bits per heavy atom. The highest BCUT2D eigenvalue weighted by Gasteiger charge is 2.25. The Labute approximate surface area is 111 Å². The Morgan fingerprint density at radius 1 is 1.44 bits per heavy atom. The van der Waals surface area contributed by atoms with E-state index in [1.807, 2.05) is 13.8 Å². The fraction of sp³-hybridized carbons (Fsp3) is 0.750. The summed E-state index contributed by atoms with van der Waals surface area (Å²) in [6, 6.07) is -0.602. The van der Waals surface area contributed by atoms with Crippen LogP contribution in [0.5, 0.6) is 0 Å². The van der Waals surface area contributed by atoms with Gasteiger partial charge in [0.05, 0.1) is 0 Å². The molecule has 0 aliphatic heterocycles. The van der Waals surface area contributed by atoms with Crippen molar-refractivity contribution in [3.63, 3.8) is 0 Å². The molecule has 1 atom stereocenters. The van der Waals surface area contributed by atoms with Crippen molar-refractivity contribution in [1.82, 2.24) is 9.36 Å². The summed E-state index contributed by atoms with van der Waals surface area (Å²) in [6.45, 7) is 3.76. The van der Waals surface area contributed by atoms with Crippen LogP contribution in [0, 0.1) is 5.92 Å². The first-order valence-electron chi connectivity index (χ1n) is 6.41. The van der Waals surface area contributed by atoms with Crippen molar-refractivity contribution < 1.29 is 9.90 Å². The van der Waals surface area contributed by atoms with E-state index >= 15 is 0 Å². The quantitative estimate of drug-likeness (QED) is 0.859. The lowest BCUT2D eigenvalue weighted by atomic mass is 10.1. The normalized spacial score (nSPS) is 18.2. The van der Waals surface area contributed by atoms with Gasteiger partial charge in [-0.25, -0.2) is 9.78 Å². The minimum atomic E-state index is -0.845. The molecule has 1 aliphatic carbocycles. The van der Waals surface area contributed by atoms with Crippen LogP contribution in [0.15, 0.2) is 0 Å². The Hall–Kier alpha value is -1.17. The minimum Gasteiger partial charge on any atom is -0.480 e. The molecule has 100 valence electrons. The number of hydrogen-bond donors (Lipinski definition) is 2. The van der Waals surface area contributed by atoms with Crippen LogP contribution in [0.2, 0.25) is 0 Å². The SMILES string of the molecule is CC(C)[C@@H](Nc1nc(C2CCCC2)ns1)C(=O)O. The van der Waals surface area contributed by atoms with E-state index in [2.05, 4.69) is 14.7 Å². The number of nitrogens with one attached hydrogen (secondary N) is 1. The van der Waals surface area contributed by atoms with Gasteiger partial charge >= 0.3 is 5.97 Å². The molecule has 18 heavy (non-hydrogen) atoms. The van der Waals surface area contributed by atoms with Gasteiger partial charge in [0.2, 0.25) is 5.13 Å². The summed E-state index contributed by atoms with van der Waals surface area (Å²) in [5, 5.41) is 12.7. The molecule has 0 aromatic carbocycles. The molecule has 1 heterocycles. The Kier molecular flexibility index (Phi) is 4.16. The Morgan fingerprint density at radius 3 is 2.67 bits per heavy atom. The van der Waals surface area contributed by atoms with Crippen LogP contribution >= 0.6 is 11.5 Å². The molecule has 2 N–H and O–H groups in total. The molecule has 1 aromatic heterocycles. The zero-order valence-electron chi connectivity index (χ0n) is 10.7. The van der Waals surface area contributed by atoms with Gasteiger partial charge in [-0.3, -0.25) is 0 Å². The minimum absolute atomic E-state index is 0.0151. The first kappa shape index (κ1) is 13.3. The van der Waals surface area contributed by atoms with Crippen molar-refractivity contribution in [3.05, 3.63) is 5.82 Å². The second-order valence-corrected chi connectivity index (χ2v) is 5.90. The molecule has 0 spiro atoms. The van der Waals surface area contributed by atoms with Gasteiger partial charge < -0.3 is 10.4 Å². The van der Waals surface area contributed by atoms with Gasteiger partial charge in [0.1, 0.15) is 11.9 Å². The number of carbonyl (C=O) groups is 1. The molecule has 1 aromatic rings. The number of rotatable bonds is 5. The highest BCUT2D eigenvalue weighted by molar-refractivity contribution is 7.09. The summed E-state index contributed by atoms with van der Waals surface area (Å²) in [7, 11) is 0. The maximum Gasteiger partial charge on any atom is 0.326 e. The number of carboxylic acid groups (broad SMARTS) is 1. The summed E-state index contributed by atoms with van der Waals surface area (Å²) in [5.74, 6) is 0.524. The number of nitrogens with zero attached hydrogens (tertiary/aromatic N) is 2. The fourth-order valence-corrected chi connectivity index (χ4v) is 2.97. The van der Waals surface area contributed by atoms with E-state index in [0.717, 1.165) is 18.7 Å². The summed E-state index contributed by atoms with van der Waals surface area (Å²) in [5.41, 5.74) is 0. The summed E-state index contributed by atoms with van der Waals surface area (Å²) >= 11 is 1.26. The predicted octanol–water partition coefficient (Wildman–Crippen LogP) is 2.72. The van der Waals surface area contributed by atoms with Crippen LogP contribution in [-0.2, 0) is 4.79 Å². The molecule has 1 aliphatic rings. The molecular weight excluding hydrogens is 250 g/mol. The van der Waals surface area contributed by atoms with E-state index in [4.69, 9.17) is 5.11 Å². The van der Waals surface area contributed by atoms with Crippen molar-refractivity contribution in [3.8, 4) is 0 Å². The zero-order chi connectivity index (χ0) is 13.1. The van der Waals surface area contributed by atoms with Crippen molar-refractivity contribution in [1.29, 1.82) is 0 Å². The highest BCUT2D eigenvalue weighted by Crippen LogP contribution is 2.33. The van der Waals surface area contributed by atoms with Crippen LogP contribution in [0.4, 0.5) is 5.13 Å². The largest absolute Gasteiger partial charge is 0.480 e. The van der Waals surface area contributed by atoms with E-state index in [0.29, 0.717) is 11.0 Å².